The maximum absolute atomic E-state index is 13.3. The Balaban J connectivity index is 1.91. The van der Waals surface area contributed by atoms with E-state index in [1.165, 1.54) is 6.92 Å². The van der Waals surface area contributed by atoms with Crippen LogP contribution in [0, 0.1) is 0 Å². The monoisotopic (exact) mass is 474 g/mol. The first-order chi connectivity index (χ1) is 17.0. The second-order valence-corrected chi connectivity index (χ2v) is 8.43. The molecule has 182 valence electrons. The van der Waals surface area contributed by atoms with Gasteiger partial charge in [-0.25, -0.2) is 0 Å². The molecule has 2 N–H and O–H groups in total. The highest BCUT2D eigenvalue weighted by Crippen LogP contribution is 2.50. The first-order valence-electron chi connectivity index (χ1n) is 11.5. The number of aryl methyl sites for hydroxylation is 1. The summed E-state index contributed by atoms with van der Waals surface area (Å²) in [4.78, 5) is 25.3. The molecule has 7 heteroatoms. The molecule has 1 amide bonds. The molecule has 4 rings (SSSR count). The first-order valence-corrected chi connectivity index (χ1v) is 11.5. The van der Waals surface area contributed by atoms with E-state index >= 15 is 0 Å². The summed E-state index contributed by atoms with van der Waals surface area (Å²) in [5, 5.41) is 6.29. The van der Waals surface area contributed by atoms with Gasteiger partial charge in [0.05, 0.1) is 33.1 Å². The second kappa shape index (κ2) is 10.5. The molecule has 3 aromatic rings. The highest BCUT2D eigenvalue weighted by atomic mass is 16.5. The van der Waals surface area contributed by atoms with Crippen LogP contribution in [0.3, 0.4) is 0 Å². The fourth-order valence-electron chi connectivity index (χ4n) is 4.65. The number of fused-ring (bicyclic) bond motifs is 3. The Labute approximate surface area is 205 Å². The molecule has 0 saturated carbocycles. The molecule has 0 spiro atoms. The first kappa shape index (κ1) is 24.1. The lowest BCUT2D eigenvalue weighted by Gasteiger charge is -2.19. The molecule has 7 nitrogen and oxygen atoms in total. The van der Waals surface area contributed by atoms with Gasteiger partial charge in [-0.2, -0.15) is 0 Å². The van der Waals surface area contributed by atoms with Crippen molar-refractivity contribution in [1.29, 1.82) is 0 Å². The van der Waals surface area contributed by atoms with Crippen molar-refractivity contribution in [3.63, 3.8) is 0 Å². The van der Waals surface area contributed by atoms with E-state index in [9.17, 15) is 9.59 Å². The van der Waals surface area contributed by atoms with E-state index in [1.54, 1.807) is 33.5 Å². The quantitative estimate of drug-likeness (QED) is 0.525. The normalized spacial score (nSPS) is 14.1. The third-order valence-corrected chi connectivity index (χ3v) is 6.24. The fraction of sp³-hybridized carbons (Fsp3) is 0.286. The minimum atomic E-state index is -0.335. The van der Waals surface area contributed by atoms with E-state index in [2.05, 4.69) is 10.6 Å². The van der Waals surface area contributed by atoms with Crippen molar-refractivity contribution in [3.05, 3.63) is 81.5 Å². The van der Waals surface area contributed by atoms with Crippen molar-refractivity contribution in [2.45, 2.75) is 32.4 Å². The number of benzene rings is 2. The summed E-state index contributed by atoms with van der Waals surface area (Å²) in [5.41, 5.74) is 4.76. The van der Waals surface area contributed by atoms with Crippen LogP contribution in [0.5, 0.6) is 17.2 Å². The highest BCUT2D eigenvalue weighted by Gasteiger charge is 2.29. The van der Waals surface area contributed by atoms with Crippen molar-refractivity contribution in [2.24, 2.45) is 0 Å². The third-order valence-electron chi connectivity index (χ3n) is 6.24. The van der Waals surface area contributed by atoms with E-state index in [-0.39, 0.29) is 17.4 Å². The number of carbonyl (C=O) groups is 1. The number of methoxy groups -OCH3 is 3. The number of carbonyl (C=O) groups excluding carboxylic acids is 1. The van der Waals surface area contributed by atoms with E-state index in [0.717, 1.165) is 27.8 Å². The molecule has 3 aromatic carbocycles. The lowest BCUT2D eigenvalue weighted by molar-refractivity contribution is -0.119. The molecule has 0 bridgehead atoms. The summed E-state index contributed by atoms with van der Waals surface area (Å²) in [6, 6.07) is 16.8. The molecule has 0 unspecified atom stereocenters. The van der Waals surface area contributed by atoms with Crippen LogP contribution in [0.25, 0.3) is 11.1 Å². The largest absolute Gasteiger partial charge is 0.493 e. The van der Waals surface area contributed by atoms with Crippen LogP contribution in [0.4, 0.5) is 5.69 Å². The van der Waals surface area contributed by atoms with Crippen LogP contribution in [-0.2, 0) is 17.8 Å². The Morgan fingerprint density at radius 2 is 1.71 bits per heavy atom. The van der Waals surface area contributed by atoms with Gasteiger partial charge in [-0.05, 0) is 53.3 Å². The number of ether oxygens (including phenoxy) is 3. The maximum atomic E-state index is 13.3. The predicted molar refractivity (Wildman–Crippen MR) is 136 cm³/mol. The molecule has 0 radical (unpaired) electrons. The summed E-state index contributed by atoms with van der Waals surface area (Å²) in [6.07, 6.45) is 1.27. The Kier molecular flexibility index (Phi) is 7.25. The highest BCUT2D eigenvalue weighted by molar-refractivity contribution is 5.83. The average Bonchev–Trinajstić information content (AvgIpc) is 3.10. The molecule has 1 atom stereocenters. The maximum Gasteiger partial charge on any atom is 0.217 e. The van der Waals surface area contributed by atoms with Crippen LogP contribution in [0.2, 0.25) is 0 Å². The number of hydrogen-bond donors (Lipinski definition) is 2. The molecule has 0 aliphatic heterocycles. The number of nitrogens with one attached hydrogen (secondary N) is 2. The van der Waals surface area contributed by atoms with E-state index < -0.39 is 0 Å². The van der Waals surface area contributed by atoms with E-state index in [0.29, 0.717) is 42.3 Å². The van der Waals surface area contributed by atoms with Crippen molar-refractivity contribution in [1.82, 2.24) is 5.32 Å². The van der Waals surface area contributed by atoms with Crippen molar-refractivity contribution < 1.29 is 19.0 Å². The van der Waals surface area contributed by atoms with Crippen LogP contribution >= 0.6 is 0 Å². The number of amides is 1. The minimum Gasteiger partial charge on any atom is -0.493 e. The SMILES string of the molecule is COc1cc2c(c(OC)c1OC)-c1ccc(NCc3ccccc3)c(=O)cc1[C@@H](NC(C)=O)CC2. The Morgan fingerprint density at radius 3 is 2.37 bits per heavy atom. The average molecular weight is 475 g/mol. The molecule has 1 aliphatic carbocycles. The standard InChI is InChI=1S/C28H30N2O5/c1-17(31)30-22-12-10-19-14-25(33-2)27(34-3)28(35-4)26(19)20-11-13-23(24(32)15-21(20)22)29-16-18-8-6-5-7-9-18/h5-9,11,13-15,22H,10,12,16H2,1-4H3,(H,29,32)(H,30,31)/t22-/m0/s1. The minimum absolute atomic E-state index is 0.152. The van der Waals surface area contributed by atoms with Crippen molar-refractivity contribution in [2.75, 3.05) is 26.6 Å². The van der Waals surface area contributed by atoms with Gasteiger partial charge in [0.1, 0.15) is 0 Å². The van der Waals surface area contributed by atoms with Gasteiger partial charge < -0.3 is 24.8 Å². The van der Waals surface area contributed by atoms with Gasteiger partial charge in [-0.1, -0.05) is 36.4 Å². The zero-order valence-electron chi connectivity index (χ0n) is 20.4. The summed E-state index contributed by atoms with van der Waals surface area (Å²) in [5.74, 6) is 1.42. The van der Waals surface area contributed by atoms with Gasteiger partial charge in [-0.3, -0.25) is 9.59 Å². The molecule has 0 saturated heterocycles. The summed E-state index contributed by atoms with van der Waals surface area (Å²) in [7, 11) is 4.74. The molecule has 35 heavy (non-hydrogen) atoms. The van der Waals surface area contributed by atoms with Gasteiger partial charge in [0.15, 0.2) is 11.5 Å². The summed E-state index contributed by atoms with van der Waals surface area (Å²) >= 11 is 0. The van der Waals surface area contributed by atoms with Crippen molar-refractivity contribution in [3.8, 4) is 28.4 Å². The van der Waals surface area contributed by atoms with Crippen LogP contribution in [-0.4, -0.2) is 27.2 Å². The Bertz CT molecular complexity index is 1290. The molecule has 0 aromatic heterocycles. The predicted octanol–water partition coefficient (Wildman–Crippen LogP) is 4.48. The molecular weight excluding hydrogens is 444 g/mol. The number of hydrogen-bond acceptors (Lipinski definition) is 6. The van der Waals surface area contributed by atoms with Gasteiger partial charge in [0.2, 0.25) is 17.1 Å². The molecule has 0 heterocycles. The zero-order chi connectivity index (χ0) is 24.9. The van der Waals surface area contributed by atoms with E-state index in [1.807, 2.05) is 42.5 Å². The van der Waals surface area contributed by atoms with Gasteiger partial charge in [0.25, 0.3) is 0 Å². The van der Waals surface area contributed by atoms with Gasteiger partial charge in [-0.15, -0.1) is 0 Å². The molecule has 1 aliphatic rings. The third kappa shape index (κ3) is 4.94. The Hall–Kier alpha value is -4.00. The lowest BCUT2D eigenvalue weighted by atomic mass is 9.95. The second-order valence-electron chi connectivity index (χ2n) is 8.43. The van der Waals surface area contributed by atoms with Crippen LogP contribution in [0.15, 0.2) is 59.4 Å². The lowest BCUT2D eigenvalue weighted by Crippen LogP contribution is -2.26. The number of anilines is 1. The summed E-state index contributed by atoms with van der Waals surface area (Å²) < 4.78 is 17.0. The van der Waals surface area contributed by atoms with E-state index in [4.69, 9.17) is 14.2 Å². The zero-order valence-corrected chi connectivity index (χ0v) is 20.4. The van der Waals surface area contributed by atoms with Crippen molar-refractivity contribution >= 4 is 11.6 Å². The number of rotatable bonds is 7. The molecule has 0 fully saturated rings. The molecular formula is C28H30N2O5. The fourth-order valence-corrected chi connectivity index (χ4v) is 4.65. The smallest absolute Gasteiger partial charge is 0.217 e. The topological polar surface area (TPSA) is 85.9 Å². The van der Waals surface area contributed by atoms with Gasteiger partial charge >= 0.3 is 0 Å². The van der Waals surface area contributed by atoms with Gasteiger partial charge in [0, 0.05) is 19.0 Å². The Morgan fingerprint density at radius 1 is 0.971 bits per heavy atom. The van der Waals surface area contributed by atoms with Crippen LogP contribution in [0.1, 0.15) is 36.1 Å². The van der Waals surface area contributed by atoms with Crippen LogP contribution < -0.4 is 30.3 Å². The summed E-state index contributed by atoms with van der Waals surface area (Å²) in [6.45, 7) is 2.00.